The van der Waals surface area contributed by atoms with Gasteiger partial charge in [0, 0.05) is 54.6 Å². The monoisotopic (exact) mass is 472 g/mol. The molecule has 180 valence electrons. The fourth-order valence-electron chi connectivity index (χ4n) is 4.49. The van der Waals surface area contributed by atoms with Gasteiger partial charge in [0.1, 0.15) is 18.2 Å². The van der Waals surface area contributed by atoms with Gasteiger partial charge in [-0.25, -0.2) is 9.97 Å². The highest BCUT2D eigenvalue weighted by Crippen LogP contribution is 2.27. The Labute approximate surface area is 202 Å². The molecule has 4 aromatic heterocycles. The number of nitrogens with one attached hydrogen (secondary N) is 1. The van der Waals surface area contributed by atoms with Crippen LogP contribution in [0, 0.1) is 0 Å². The van der Waals surface area contributed by atoms with Crippen molar-refractivity contribution >= 4 is 34.1 Å². The Morgan fingerprint density at radius 1 is 1.09 bits per heavy atom. The fourth-order valence-corrected chi connectivity index (χ4v) is 4.49. The second-order valence-corrected chi connectivity index (χ2v) is 9.08. The number of anilines is 3. The maximum Gasteiger partial charge on any atom is 0.251 e. The number of hydrogen-bond donors (Lipinski definition) is 2. The number of nitrogen functional groups attached to an aromatic ring is 1. The molecule has 35 heavy (non-hydrogen) atoms. The predicted octanol–water partition coefficient (Wildman–Crippen LogP) is 2.72. The average Bonchev–Trinajstić information content (AvgIpc) is 3.11. The summed E-state index contributed by atoms with van der Waals surface area (Å²) in [6, 6.07) is 10.7. The summed E-state index contributed by atoms with van der Waals surface area (Å²) in [6.07, 6.45) is 4.16. The van der Waals surface area contributed by atoms with Crippen molar-refractivity contribution in [2.24, 2.45) is 0 Å². The lowest BCUT2D eigenvalue weighted by Crippen LogP contribution is -2.38. The maximum atomic E-state index is 12.6. The van der Waals surface area contributed by atoms with Crippen LogP contribution in [0.5, 0.6) is 0 Å². The van der Waals surface area contributed by atoms with Gasteiger partial charge >= 0.3 is 0 Å². The zero-order chi connectivity index (χ0) is 24.7. The molecule has 10 heteroatoms. The highest BCUT2D eigenvalue weighted by Gasteiger charge is 2.24. The van der Waals surface area contributed by atoms with E-state index in [4.69, 9.17) is 5.73 Å². The van der Waals surface area contributed by atoms with E-state index < -0.39 is 0 Å². The number of pyridine rings is 3. The van der Waals surface area contributed by atoms with Gasteiger partial charge in [0.05, 0.1) is 11.7 Å². The quantitative estimate of drug-likeness (QED) is 0.458. The normalized spacial score (nSPS) is 14.7. The molecule has 0 radical (unpaired) electrons. The summed E-state index contributed by atoms with van der Waals surface area (Å²) in [5.41, 5.74) is 7.81. The molecule has 0 saturated carbocycles. The zero-order valence-corrected chi connectivity index (χ0v) is 20.0. The summed E-state index contributed by atoms with van der Waals surface area (Å²) in [5.74, 6) is 1.65. The predicted molar refractivity (Wildman–Crippen MR) is 135 cm³/mol. The number of carbonyl (C=O) groups excluding carboxylic acids is 1. The number of amides is 1. The molecule has 1 atom stereocenters. The molecule has 0 fully saturated rings. The first-order chi connectivity index (χ1) is 16.8. The Kier molecular flexibility index (Phi) is 5.72. The van der Waals surface area contributed by atoms with E-state index in [9.17, 15) is 9.59 Å². The van der Waals surface area contributed by atoms with Crippen molar-refractivity contribution < 1.29 is 4.79 Å². The molecule has 5 heterocycles. The van der Waals surface area contributed by atoms with E-state index >= 15 is 0 Å². The van der Waals surface area contributed by atoms with Gasteiger partial charge < -0.3 is 20.5 Å². The highest BCUT2D eigenvalue weighted by molar-refractivity contribution is 5.92. The van der Waals surface area contributed by atoms with Crippen molar-refractivity contribution in [2.45, 2.75) is 45.8 Å². The summed E-state index contributed by atoms with van der Waals surface area (Å²) in [6.45, 7) is 6.86. The molecule has 5 rings (SSSR count). The molecule has 1 aliphatic heterocycles. The van der Waals surface area contributed by atoms with Gasteiger partial charge in [-0.1, -0.05) is 6.07 Å². The van der Waals surface area contributed by atoms with Crippen LogP contribution in [0.1, 0.15) is 38.2 Å². The van der Waals surface area contributed by atoms with Crippen LogP contribution >= 0.6 is 0 Å². The lowest BCUT2D eigenvalue weighted by molar-refractivity contribution is -0.133. The third-order valence-corrected chi connectivity index (χ3v) is 6.42. The van der Waals surface area contributed by atoms with E-state index in [-0.39, 0.29) is 30.1 Å². The van der Waals surface area contributed by atoms with Crippen molar-refractivity contribution in [3.63, 3.8) is 0 Å². The van der Waals surface area contributed by atoms with Gasteiger partial charge in [-0.3, -0.25) is 14.3 Å². The summed E-state index contributed by atoms with van der Waals surface area (Å²) in [4.78, 5) is 35.7. The van der Waals surface area contributed by atoms with Crippen molar-refractivity contribution in [1.82, 2.24) is 29.2 Å². The molecular formula is C25H28N8O2. The summed E-state index contributed by atoms with van der Waals surface area (Å²) in [5, 5.41) is 9.41. The lowest BCUT2D eigenvalue weighted by atomic mass is 10.1. The molecule has 1 unspecified atom stereocenters. The first-order valence-electron chi connectivity index (χ1n) is 11.7. The first-order valence-corrected chi connectivity index (χ1v) is 11.7. The first kappa shape index (κ1) is 22.6. The maximum absolute atomic E-state index is 12.6. The minimum atomic E-state index is -0.285. The van der Waals surface area contributed by atoms with Gasteiger partial charge in [-0.2, -0.15) is 5.10 Å². The van der Waals surface area contributed by atoms with Crippen molar-refractivity contribution in [2.75, 3.05) is 17.6 Å². The molecule has 0 saturated heterocycles. The molecule has 4 aromatic rings. The molecule has 0 spiro atoms. The molecule has 0 aromatic carbocycles. The second-order valence-electron chi connectivity index (χ2n) is 9.08. The molecule has 10 nitrogen and oxygen atoms in total. The number of hydrogen-bond acceptors (Lipinski definition) is 7. The van der Waals surface area contributed by atoms with E-state index in [1.165, 1.54) is 6.07 Å². The van der Waals surface area contributed by atoms with Crippen LogP contribution in [0.15, 0.2) is 53.6 Å². The molecule has 0 aliphatic carbocycles. The summed E-state index contributed by atoms with van der Waals surface area (Å²) < 4.78 is 3.38. The fraction of sp³-hybridized carbons (Fsp3) is 0.320. The molecular weight excluding hydrogens is 444 g/mol. The topological polar surface area (TPSA) is 124 Å². The second kappa shape index (κ2) is 8.86. The Hall–Kier alpha value is -4.21. The van der Waals surface area contributed by atoms with Crippen LogP contribution in [0.3, 0.4) is 0 Å². The van der Waals surface area contributed by atoms with Gasteiger partial charge in [-0.05, 0) is 44.4 Å². The molecule has 1 amide bonds. The van der Waals surface area contributed by atoms with Crippen molar-refractivity contribution in [1.29, 1.82) is 0 Å². The minimum Gasteiger partial charge on any atom is -0.383 e. The Morgan fingerprint density at radius 2 is 1.91 bits per heavy atom. The van der Waals surface area contributed by atoms with E-state index in [2.05, 4.69) is 20.4 Å². The van der Waals surface area contributed by atoms with Crippen LogP contribution in [0.2, 0.25) is 0 Å². The number of fused-ring (bicyclic) bond motifs is 2. The van der Waals surface area contributed by atoms with E-state index in [0.717, 1.165) is 22.9 Å². The summed E-state index contributed by atoms with van der Waals surface area (Å²) in [7, 11) is 0. The van der Waals surface area contributed by atoms with Crippen LogP contribution < -0.4 is 16.6 Å². The lowest BCUT2D eigenvalue weighted by Gasteiger charge is -2.24. The molecule has 1 aliphatic rings. The summed E-state index contributed by atoms with van der Waals surface area (Å²) >= 11 is 0. The van der Waals surface area contributed by atoms with E-state index in [1.54, 1.807) is 27.7 Å². The van der Waals surface area contributed by atoms with Crippen LogP contribution in [-0.2, 0) is 17.8 Å². The van der Waals surface area contributed by atoms with Gasteiger partial charge in [0.25, 0.3) is 5.56 Å². The number of nitrogens with two attached hydrogens (primary N) is 1. The van der Waals surface area contributed by atoms with Crippen LogP contribution in [0.4, 0.5) is 17.5 Å². The molecule has 3 N–H and O–H groups in total. The molecule has 0 bridgehead atoms. The largest absolute Gasteiger partial charge is 0.383 e. The van der Waals surface area contributed by atoms with Gasteiger partial charge in [0.2, 0.25) is 5.91 Å². The van der Waals surface area contributed by atoms with Crippen LogP contribution in [-0.4, -0.2) is 47.7 Å². The van der Waals surface area contributed by atoms with Crippen molar-refractivity contribution in [3.8, 4) is 0 Å². The van der Waals surface area contributed by atoms with Gasteiger partial charge in [0.15, 0.2) is 5.82 Å². The Balaban J connectivity index is 1.42. The highest BCUT2D eigenvalue weighted by atomic mass is 16.2. The number of rotatable bonds is 5. The van der Waals surface area contributed by atoms with Gasteiger partial charge in [-0.15, -0.1) is 0 Å². The number of carbonyl (C=O) groups is 1. The van der Waals surface area contributed by atoms with E-state index in [0.29, 0.717) is 29.7 Å². The Bertz CT molecular complexity index is 1470. The third kappa shape index (κ3) is 4.34. The van der Waals surface area contributed by atoms with Crippen molar-refractivity contribution in [3.05, 3.63) is 70.5 Å². The van der Waals surface area contributed by atoms with Crippen LogP contribution in [0.25, 0.3) is 10.8 Å². The standard InChI is InChI=1S/C25H28N8O2/c1-15(2)31-9-7-18-12-22(30-33(18)14-24(31)35)29-21-11-17-10-20(28-25(26)19(17)13-27-21)16(3)32-8-5-4-6-23(32)34/h4-6,8,10-13,15-16H,7,9,14H2,1-3H3,(H2,26,28)(H,27,29,30). The number of aromatic nitrogens is 5. The SMILES string of the molecule is CC(C)N1CCc2cc(Nc3cc4cc(C(C)n5ccccc5=O)nc(N)c4cn3)nn2CC1=O. The number of nitrogens with zero attached hydrogens (tertiary/aromatic N) is 6. The minimum absolute atomic E-state index is 0.0689. The van der Waals surface area contributed by atoms with E-state index in [1.807, 2.05) is 49.9 Å². The zero-order valence-electron chi connectivity index (χ0n) is 20.0. The smallest absolute Gasteiger partial charge is 0.251 e. The third-order valence-electron chi connectivity index (χ3n) is 6.42. The Morgan fingerprint density at radius 3 is 2.69 bits per heavy atom. The average molecular weight is 473 g/mol.